The summed E-state index contributed by atoms with van der Waals surface area (Å²) in [5.74, 6) is 0.531. The first kappa shape index (κ1) is 14.9. The Hall–Kier alpha value is -6.18. The van der Waals surface area contributed by atoms with Gasteiger partial charge < -0.3 is 4.42 Å². The van der Waals surface area contributed by atoms with E-state index in [0.717, 1.165) is 16.7 Å². The first-order valence-corrected chi connectivity index (χ1v) is 14.7. The summed E-state index contributed by atoms with van der Waals surface area (Å²) in [6, 6.07) is 11.0. The lowest BCUT2D eigenvalue weighted by Gasteiger charge is -2.18. The molecule has 9 aromatic rings. The molecular weight excluding hydrogens is 569 g/mol. The highest BCUT2D eigenvalue weighted by molar-refractivity contribution is 6.22. The van der Waals surface area contributed by atoms with Gasteiger partial charge in [-0.2, -0.15) is 0 Å². The van der Waals surface area contributed by atoms with E-state index in [1.807, 2.05) is 60.7 Å². The van der Waals surface area contributed by atoms with Crippen molar-refractivity contribution in [3.8, 4) is 55.8 Å². The Morgan fingerprint density at radius 2 is 0.830 bits per heavy atom. The summed E-state index contributed by atoms with van der Waals surface area (Å²) in [5, 5.41) is -0.565. The summed E-state index contributed by atoms with van der Waals surface area (Å²) >= 11 is 0. The Kier molecular flexibility index (Phi) is 3.60. The van der Waals surface area contributed by atoms with E-state index in [1.165, 1.54) is 0 Å². The number of rotatable bonds is 5. The van der Waals surface area contributed by atoms with E-state index in [-0.39, 0.29) is 32.7 Å². The standard InChI is InChI=1S/C46H30O/c1-4-14-31(15-5-1)32-24-26-34(27-25-32)43-37-20-10-12-22-39(37)44(40-23-13-11-21-38(40)43)36-28-29-41-42(30-36)47-46(35-18-8-3-9-19-35)45(41)33-16-6-2-7-17-33/h1-30H/i1D,4D,5D,10D,11D,12D,13D,14D,15D,20D,21D,22D,23D,24D,25D,26D,27D. The average molecular weight is 616 g/mol. The van der Waals surface area contributed by atoms with Gasteiger partial charge in [-0.3, -0.25) is 0 Å². The normalized spacial score (nSPS) is 16.5. The van der Waals surface area contributed by atoms with Gasteiger partial charge >= 0.3 is 0 Å². The molecule has 0 saturated carbocycles. The van der Waals surface area contributed by atoms with Crippen LogP contribution in [0.15, 0.2) is 186 Å². The molecule has 220 valence electrons. The molecule has 47 heavy (non-hydrogen) atoms. The molecule has 0 fully saturated rings. The van der Waals surface area contributed by atoms with Crippen LogP contribution in [0.4, 0.5) is 0 Å². The minimum atomic E-state index is -0.867. The third-order valence-electron chi connectivity index (χ3n) is 8.08. The zero-order valence-electron chi connectivity index (χ0n) is 41.4. The van der Waals surface area contributed by atoms with E-state index in [0.29, 0.717) is 16.7 Å². The van der Waals surface area contributed by atoms with Crippen LogP contribution in [0.25, 0.3) is 88.3 Å². The van der Waals surface area contributed by atoms with Gasteiger partial charge in [0.1, 0.15) is 11.3 Å². The van der Waals surface area contributed by atoms with E-state index in [1.54, 1.807) is 18.2 Å². The molecule has 0 aliphatic carbocycles. The third-order valence-corrected chi connectivity index (χ3v) is 8.08. The largest absolute Gasteiger partial charge is 0.455 e. The molecule has 0 atom stereocenters. The number of hydrogen-bond acceptors (Lipinski definition) is 1. The van der Waals surface area contributed by atoms with Gasteiger partial charge in [0.05, 0.1) is 23.3 Å². The van der Waals surface area contributed by atoms with Gasteiger partial charge in [-0.15, -0.1) is 0 Å². The smallest absolute Gasteiger partial charge is 0.143 e. The summed E-state index contributed by atoms with van der Waals surface area (Å²) in [5.41, 5.74) is 0.590. The number of benzene rings is 8. The second-order valence-corrected chi connectivity index (χ2v) is 10.7. The van der Waals surface area contributed by atoms with Crippen LogP contribution in [0.5, 0.6) is 0 Å². The molecule has 1 nitrogen and oxygen atoms in total. The van der Waals surface area contributed by atoms with Crippen molar-refractivity contribution < 1.29 is 27.7 Å². The fraction of sp³-hybridized carbons (Fsp3) is 0. The second kappa shape index (κ2) is 11.3. The maximum Gasteiger partial charge on any atom is 0.143 e. The summed E-state index contributed by atoms with van der Waals surface area (Å²) < 4.78 is 158. The van der Waals surface area contributed by atoms with Crippen LogP contribution >= 0.6 is 0 Å². The van der Waals surface area contributed by atoms with Crippen LogP contribution in [0, 0.1) is 0 Å². The molecule has 0 unspecified atom stereocenters. The van der Waals surface area contributed by atoms with Gasteiger partial charge in [0.25, 0.3) is 0 Å². The monoisotopic (exact) mass is 615 g/mol. The van der Waals surface area contributed by atoms with Crippen molar-refractivity contribution in [1.82, 2.24) is 0 Å². The molecule has 0 spiro atoms. The first-order valence-electron chi connectivity index (χ1n) is 23.2. The van der Waals surface area contributed by atoms with Crippen LogP contribution in [-0.2, 0) is 0 Å². The van der Waals surface area contributed by atoms with Crippen LogP contribution in [0.2, 0.25) is 0 Å². The second-order valence-electron chi connectivity index (χ2n) is 10.7. The maximum atomic E-state index is 9.37. The maximum absolute atomic E-state index is 9.37. The molecule has 0 aliphatic heterocycles. The van der Waals surface area contributed by atoms with Crippen LogP contribution in [0.3, 0.4) is 0 Å². The van der Waals surface area contributed by atoms with Gasteiger partial charge in [-0.05, 0) is 72.6 Å². The zero-order chi connectivity index (χ0) is 46.0. The zero-order valence-corrected chi connectivity index (χ0v) is 24.4. The highest BCUT2D eigenvalue weighted by atomic mass is 16.3. The Bertz CT molecular complexity index is 3370. The molecule has 1 heterocycles. The van der Waals surface area contributed by atoms with E-state index in [2.05, 4.69) is 0 Å². The molecule has 0 saturated heterocycles. The molecule has 8 aromatic carbocycles. The minimum absolute atomic E-state index is 0.0421. The number of hydrogen-bond donors (Lipinski definition) is 0. The Balaban J connectivity index is 1.47. The van der Waals surface area contributed by atoms with E-state index in [9.17, 15) is 8.22 Å². The average Bonchev–Trinajstić information content (AvgIpc) is 3.69. The predicted octanol–water partition coefficient (Wildman–Crippen LogP) is 13.1. The Morgan fingerprint density at radius 3 is 1.43 bits per heavy atom. The van der Waals surface area contributed by atoms with Crippen LogP contribution < -0.4 is 0 Å². The highest BCUT2D eigenvalue weighted by Gasteiger charge is 2.21. The molecule has 1 aromatic heterocycles. The van der Waals surface area contributed by atoms with E-state index >= 15 is 0 Å². The van der Waals surface area contributed by atoms with Crippen molar-refractivity contribution >= 4 is 32.5 Å². The SMILES string of the molecule is [2H]c1c([2H])c([2H])c(-c2c([2H])c([2H])c(-c3c4c([2H])c([2H])c([2H])c([2H])c4c(-c4ccc5c(-c6ccccc6)c(-c6ccccc6)oc5c4)c4c([2H])c([2H])c([2H])c([2H])c34)c([2H])c2[2H])c([2H])c1[2H]. The predicted molar refractivity (Wildman–Crippen MR) is 198 cm³/mol. The van der Waals surface area contributed by atoms with Crippen molar-refractivity contribution in [3.05, 3.63) is 182 Å². The molecule has 0 aliphatic rings. The van der Waals surface area contributed by atoms with Crippen molar-refractivity contribution in [2.75, 3.05) is 0 Å². The van der Waals surface area contributed by atoms with Gasteiger partial charge in [-0.1, -0.05) is 169 Å². The quantitative estimate of drug-likeness (QED) is 0.176. The van der Waals surface area contributed by atoms with Crippen molar-refractivity contribution in [2.45, 2.75) is 0 Å². The first-order chi connectivity index (χ1) is 30.4. The lowest BCUT2D eigenvalue weighted by molar-refractivity contribution is 0.632. The van der Waals surface area contributed by atoms with E-state index in [4.69, 9.17) is 19.5 Å². The Morgan fingerprint density at radius 1 is 0.340 bits per heavy atom. The molecule has 0 radical (unpaired) electrons. The lowest BCUT2D eigenvalue weighted by atomic mass is 9.85. The number of furan rings is 1. The fourth-order valence-electron chi connectivity index (χ4n) is 6.04. The van der Waals surface area contributed by atoms with Crippen LogP contribution in [-0.4, -0.2) is 0 Å². The van der Waals surface area contributed by atoms with Crippen molar-refractivity contribution in [1.29, 1.82) is 0 Å². The number of fused-ring (bicyclic) bond motifs is 3. The third kappa shape index (κ3) is 4.64. The molecule has 1 heteroatoms. The Labute approximate surface area is 297 Å². The minimum Gasteiger partial charge on any atom is -0.455 e. The fourth-order valence-corrected chi connectivity index (χ4v) is 6.04. The van der Waals surface area contributed by atoms with E-state index < -0.39 is 125 Å². The molecular formula is C46H30O. The van der Waals surface area contributed by atoms with Crippen molar-refractivity contribution in [3.63, 3.8) is 0 Å². The van der Waals surface area contributed by atoms with Gasteiger partial charge in [0.2, 0.25) is 0 Å². The molecule has 0 bridgehead atoms. The van der Waals surface area contributed by atoms with Gasteiger partial charge in [0, 0.05) is 16.5 Å². The summed E-state index contributed by atoms with van der Waals surface area (Å²) in [4.78, 5) is 0. The van der Waals surface area contributed by atoms with Gasteiger partial charge in [0.15, 0.2) is 0 Å². The van der Waals surface area contributed by atoms with Gasteiger partial charge in [-0.25, -0.2) is 0 Å². The van der Waals surface area contributed by atoms with Crippen LogP contribution in [0.1, 0.15) is 23.3 Å². The summed E-state index contributed by atoms with van der Waals surface area (Å²) in [6.45, 7) is 0. The molecule has 0 amide bonds. The highest BCUT2D eigenvalue weighted by Crippen LogP contribution is 2.46. The lowest BCUT2D eigenvalue weighted by Crippen LogP contribution is -1.91. The topological polar surface area (TPSA) is 13.1 Å². The molecule has 9 rings (SSSR count). The van der Waals surface area contributed by atoms with Crippen molar-refractivity contribution in [2.24, 2.45) is 0 Å². The molecule has 0 N–H and O–H groups in total. The summed E-state index contributed by atoms with van der Waals surface area (Å²) in [7, 11) is 0. The summed E-state index contributed by atoms with van der Waals surface area (Å²) in [6.07, 6.45) is 0.